The van der Waals surface area contributed by atoms with E-state index in [-0.39, 0.29) is 0 Å². The fraction of sp³-hybridized carbons (Fsp3) is 0.611. The van der Waals surface area contributed by atoms with Gasteiger partial charge in [-0.1, -0.05) is 50.4 Å². The molecule has 0 saturated heterocycles. The van der Waals surface area contributed by atoms with Gasteiger partial charge in [-0.25, -0.2) is 0 Å². The fourth-order valence-corrected chi connectivity index (χ4v) is 3.97. The van der Waals surface area contributed by atoms with E-state index in [0.29, 0.717) is 26.6 Å². The van der Waals surface area contributed by atoms with Crippen molar-refractivity contribution in [3.05, 3.63) is 28.2 Å². The molecule has 23 heavy (non-hydrogen) atoms. The molecule has 2 nitrogen and oxygen atoms in total. The number of anilines is 1. The van der Waals surface area contributed by atoms with E-state index in [1.165, 1.54) is 32.1 Å². The summed E-state index contributed by atoms with van der Waals surface area (Å²) in [6.45, 7) is 7.07. The molecular weight excluding hydrogens is 347 g/mol. The molecule has 1 aliphatic carbocycles. The molecule has 0 spiro atoms. The summed E-state index contributed by atoms with van der Waals surface area (Å²) in [7, 11) is 0. The van der Waals surface area contributed by atoms with E-state index in [4.69, 9.17) is 35.4 Å². The van der Waals surface area contributed by atoms with Crippen LogP contribution in [-0.2, 0) is 0 Å². The first-order chi connectivity index (χ1) is 10.8. The highest BCUT2D eigenvalue weighted by atomic mass is 35.5. The molecule has 0 radical (unpaired) electrons. The molecule has 0 unspecified atom stereocenters. The van der Waals surface area contributed by atoms with E-state index >= 15 is 0 Å². The van der Waals surface area contributed by atoms with Crippen LogP contribution in [0.5, 0.6) is 0 Å². The predicted molar refractivity (Wildman–Crippen MR) is 106 cm³/mol. The zero-order chi connectivity index (χ0) is 17.0. The molecule has 0 amide bonds. The average Bonchev–Trinajstić information content (AvgIpc) is 2.50. The van der Waals surface area contributed by atoms with Crippen LogP contribution in [0.15, 0.2) is 18.2 Å². The van der Waals surface area contributed by atoms with E-state index in [9.17, 15) is 0 Å². The molecule has 5 heteroatoms. The Labute approximate surface area is 155 Å². The third-order valence-electron chi connectivity index (χ3n) is 5.26. The van der Waals surface area contributed by atoms with Crippen molar-refractivity contribution in [1.82, 2.24) is 5.32 Å². The molecule has 1 saturated carbocycles. The van der Waals surface area contributed by atoms with Crippen LogP contribution in [0.4, 0.5) is 5.69 Å². The highest BCUT2D eigenvalue weighted by Crippen LogP contribution is 2.40. The summed E-state index contributed by atoms with van der Waals surface area (Å²) >= 11 is 17.5. The second-order valence-corrected chi connectivity index (χ2v) is 8.37. The minimum absolute atomic E-state index is 0.445. The van der Waals surface area contributed by atoms with Gasteiger partial charge in [-0.05, 0) is 67.4 Å². The number of benzene rings is 1. The summed E-state index contributed by atoms with van der Waals surface area (Å²) in [5.41, 5.74) is 1.23. The number of hydrogen-bond acceptors (Lipinski definition) is 1. The molecule has 1 aromatic rings. The third-order valence-corrected chi connectivity index (χ3v) is 6.03. The van der Waals surface area contributed by atoms with Gasteiger partial charge in [0.25, 0.3) is 0 Å². The first-order valence-corrected chi connectivity index (χ1v) is 9.51. The molecule has 0 atom stereocenters. The van der Waals surface area contributed by atoms with Gasteiger partial charge in [0.05, 0.1) is 10.7 Å². The first kappa shape index (κ1) is 18.8. The Morgan fingerprint density at radius 3 is 2.43 bits per heavy atom. The van der Waals surface area contributed by atoms with Gasteiger partial charge in [0.2, 0.25) is 0 Å². The molecule has 0 bridgehead atoms. The van der Waals surface area contributed by atoms with Crippen molar-refractivity contribution < 1.29 is 0 Å². The van der Waals surface area contributed by atoms with Crippen molar-refractivity contribution in [3.8, 4) is 0 Å². The topological polar surface area (TPSA) is 24.1 Å². The van der Waals surface area contributed by atoms with Crippen molar-refractivity contribution in [2.24, 2.45) is 11.3 Å². The molecular formula is C18H26Cl2N2S. The van der Waals surface area contributed by atoms with Gasteiger partial charge in [0.1, 0.15) is 0 Å². The van der Waals surface area contributed by atoms with Crippen LogP contribution < -0.4 is 10.6 Å². The summed E-state index contributed by atoms with van der Waals surface area (Å²) in [5, 5.41) is 8.43. The van der Waals surface area contributed by atoms with Gasteiger partial charge in [-0.2, -0.15) is 0 Å². The van der Waals surface area contributed by atoms with Crippen LogP contribution >= 0.6 is 35.4 Å². The minimum atomic E-state index is 0.445. The molecule has 0 aromatic heterocycles. The van der Waals surface area contributed by atoms with Crippen LogP contribution in [0.3, 0.4) is 0 Å². The molecule has 128 valence electrons. The summed E-state index contributed by atoms with van der Waals surface area (Å²) in [6, 6.07) is 5.81. The van der Waals surface area contributed by atoms with E-state index in [2.05, 4.69) is 31.4 Å². The van der Waals surface area contributed by atoms with Crippen LogP contribution in [0.25, 0.3) is 0 Å². The molecule has 1 aliphatic rings. The van der Waals surface area contributed by atoms with Gasteiger partial charge >= 0.3 is 0 Å². The molecule has 2 rings (SSSR count). The predicted octanol–water partition coefficient (Wildman–Crippen LogP) is 6.27. The lowest BCUT2D eigenvalue weighted by molar-refractivity contribution is 0.141. The lowest BCUT2D eigenvalue weighted by Crippen LogP contribution is -2.41. The third kappa shape index (κ3) is 5.23. The quantitative estimate of drug-likeness (QED) is 0.608. The SMILES string of the molecule is CCC(C)(C)C1CCC(NC(=S)Nc2ccc(Cl)cc2Cl)CC1. The summed E-state index contributed by atoms with van der Waals surface area (Å²) in [5.74, 6) is 0.817. The molecule has 1 fully saturated rings. The monoisotopic (exact) mass is 372 g/mol. The largest absolute Gasteiger partial charge is 0.360 e. The van der Waals surface area contributed by atoms with E-state index in [0.717, 1.165) is 11.6 Å². The number of thiocarbonyl (C=S) groups is 1. The second-order valence-electron chi connectivity index (χ2n) is 7.11. The Kier molecular flexibility index (Phi) is 6.58. The van der Waals surface area contributed by atoms with Gasteiger partial charge < -0.3 is 10.6 Å². The normalized spacial score (nSPS) is 21.8. The van der Waals surface area contributed by atoms with Crippen LogP contribution in [0.2, 0.25) is 10.0 Å². The van der Waals surface area contributed by atoms with Crippen LogP contribution in [0, 0.1) is 11.3 Å². The van der Waals surface area contributed by atoms with Crippen LogP contribution in [0.1, 0.15) is 52.9 Å². The van der Waals surface area contributed by atoms with E-state index in [1.54, 1.807) is 12.1 Å². The highest BCUT2D eigenvalue weighted by molar-refractivity contribution is 7.80. The Balaban J connectivity index is 1.83. The van der Waals surface area contributed by atoms with Gasteiger partial charge in [-0.15, -0.1) is 0 Å². The lowest BCUT2D eigenvalue weighted by atomic mass is 9.69. The molecule has 2 N–H and O–H groups in total. The first-order valence-electron chi connectivity index (χ1n) is 8.34. The number of hydrogen-bond donors (Lipinski definition) is 2. The number of rotatable bonds is 4. The van der Waals surface area contributed by atoms with Crippen molar-refractivity contribution in [3.63, 3.8) is 0 Å². The molecule has 1 aromatic carbocycles. The lowest BCUT2D eigenvalue weighted by Gasteiger charge is -2.39. The molecule has 0 aliphatic heterocycles. The van der Waals surface area contributed by atoms with Crippen molar-refractivity contribution in [2.45, 2.75) is 58.9 Å². The minimum Gasteiger partial charge on any atom is -0.360 e. The van der Waals surface area contributed by atoms with Crippen molar-refractivity contribution in [1.29, 1.82) is 0 Å². The van der Waals surface area contributed by atoms with Gasteiger partial charge in [0.15, 0.2) is 5.11 Å². The Morgan fingerprint density at radius 1 is 1.22 bits per heavy atom. The zero-order valence-corrected chi connectivity index (χ0v) is 16.4. The summed E-state index contributed by atoms with van der Waals surface area (Å²) in [6.07, 6.45) is 6.12. The Morgan fingerprint density at radius 2 is 1.87 bits per heavy atom. The standard InChI is InChI=1S/C18H26Cl2N2S/c1-4-18(2,3)12-5-8-14(9-6-12)21-17(23)22-16-10-7-13(19)11-15(16)20/h7,10-12,14H,4-6,8-9H2,1-3H3,(H2,21,22,23). The maximum Gasteiger partial charge on any atom is 0.171 e. The maximum absolute atomic E-state index is 6.17. The zero-order valence-electron chi connectivity index (χ0n) is 14.1. The van der Waals surface area contributed by atoms with E-state index < -0.39 is 0 Å². The number of nitrogens with one attached hydrogen (secondary N) is 2. The van der Waals surface area contributed by atoms with Crippen LogP contribution in [-0.4, -0.2) is 11.2 Å². The van der Waals surface area contributed by atoms with Crippen molar-refractivity contribution >= 4 is 46.2 Å². The maximum atomic E-state index is 6.17. The second kappa shape index (κ2) is 8.04. The highest BCUT2D eigenvalue weighted by Gasteiger charge is 2.31. The summed E-state index contributed by atoms with van der Waals surface area (Å²) < 4.78 is 0. The average molecular weight is 373 g/mol. The Bertz CT molecular complexity index is 552. The Hall–Kier alpha value is -0.510. The van der Waals surface area contributed by atoms with Crippen molar-refractivity contribution in [2.75, 3.05) is 5.32 Å². The van der Waals surface area contributed by atoms with Gasteiger partial charge in [-0.3, -0.25) is 0 Å². The van der Waals surface area contributed by atoms with E-state index in [1.807, 2.05) is 6.07 Å². The van der Waals surface area contributed by atoms with Gasteiger partial charge in [0, 0.05) is 11.1 Å². The summed E-state index contributed by atoms with van der Waals surface area (Å²) in [4.78, 5) is 0. The smallest absolute Gasteiger partial charge is 0.171 e. The molecule has 0 heterocycles. The number of halogens is 2. The fourth-order valence-electron chi connectivity index (χ4n) is 3.24.